The number of aromatic nitrogens is 1. The molecule has 1 rings (SSSR count). The molecule has 1 aromatic heterocycles. The third-order valence-corrected chi connectivity index (χ3v) is 1.56. The van der Waals surface area contributed by atoms with Crippen LogP contribution in [0.2, 0.25) is 0 Å². The molecule has 0 radical (unpaired) electrons. The highest BCUT2D eigenvalue weighted by Gasteiger charge is 1.95. The van der Waals surface area contributed by atoms with E-state index in [-0.39, 0.29) is 6.42 Å². The van der Waals surface area contributed by atoms with Crippen LogP contribution in [-0.4, -0.2) is 22.6 Å². The topological polar surface area (TPSA) is 62.2 Å². The SMILES string of the molecule is O=C(O)CCCNc1cccnc1. The molecule has 2 N–H and O–H groups in total. The fraction of sp³-hybridized carbons (Fsp3) is 0.333. The number of hydrogen-bond acceptors (Lipinski definition) is 3. The summed E-state index contributed by atoms with van der Waals surface area (Å²) in [5.74, 6) is -0.756. The van der Waals surface area contributed by atoms with Crippen LogP contribution in [-0.2, 0) is 4.79 Å². The molecule has 70 valence electrons. The Morgan fingerprint density at radius 1 is 1.62 bits per heavy atom. The number of carboxylic acids is 1. The van der Waals surface area contributed by atoms with E-state index < -0.39 is 5.97 Å². The Hall–Kier alpha value is -1.58. The van der Waals surface area contributed by atoms with Crippen molar-refractivity contribution in [2.75, 3.05) is 11.9 Å². The average molecular weight is 180 g/mol. The van der Waals surface area contributed by atoms with Crippen molar-refractivity contribution in [1.82, 2.24) is 4.98 Å². The summed E-state index contributed by atoms with van der Waals surface area (Å²) < 4.78 is 0. The van der Waals surface area contributed by atoms with E-state index in [4.69, 9.17) is 5.11 Å². The molecule has 4 heteroatoms. The molecular weight excluding hydrogens is 168 g/mol. The van der Waals surface area contributed by atoms with Crippen LogP contribution in [0, 0.1) is 0 Å². The number of nitrogens with one attached hydrogen (secondary N) is 1. The van der Waals surface area contributed by atoms with Crippen molar-refractivity contribution in [3.63, 3.8) is 0 Å². The Kier molecular flexibility index (Phi) is 3.75. The summed E-state index contributed by atoms with van der Waals surface area (Å²) in [6.45, 7) is 0.665. The van der Waals surface area contributed by atoms with Crippen LogP contribution in [0.5, 0.6) is 0 Å². The van der Waals surface area contributed by atoms with Gasteiger partial charge in [-0.1, -0.05) is 0 Å². The molecule has 0 aliphatic heterocycles. The van der Waals surface area contributed by atoms with Gasteiger partial charge in [-0.3, -0.25) is 9.78 Å². The Morgan fingerprint density at radius 3 is 3.08 bits per heavy atom. The van der Waals surface area contributed by atoms with Gasteiger partial charge >= 0.3 is 5.97 Å². The van der Waals surface area contributed by atoms with Gasteiger partial charge in [-0.05, 0) is 18.6 Å². The van der Waals surface area contributed by atoms with Gasteiger partial charge < -0.3 is 10.4 Å². The molecule has 0 atom stereocenters. The summed E-state index contributed by atoms with van der Waals surface area (Å²) >= 11 is 0. The summed E-state index contributed by atoms with van der Waals surface area (Å²) in [4.78, 5) is 14.1. The summed E-state index contributed by atoms with van der Waals surface area (Å²) in [7, 11) is 0. The molecule has 0 amide bonds. The minimum atomic E-state index is -0.756. The predicted octanol–water partition coefficient (Wildman–Crippen LogP) is 1.36. The maximum atomic E-state index is 10.2. The summed E-state index contributed by atoms with van der Waals surface area (Å²) in [5.41, 5.74) is 0.924. The quantitative estimate of drug-likeness (QED) is 0.671. The molecule has 1 aromatic rings. The van der Waals surface area contributed by atoms with E-state index in [2.05, 4.69) is 10.3 Å². The van der Waals surface area contributed by atoms with Crippen molar-refractivity contribution in [2.24, 2.45) is 0 Å². The van der Waals surface area contributed by atoms with Gasteiger partial charge in [-0.2, -0.15) is 0 Å². The van der Waals surface area contributed by atoms with Crippen LogP contribution in [0.25, 0.3) is 0 Å². The van der Waals surface area contributed by atoms with Gasteiger partial charge in [0, 0.05) is 25.4 Å². The Bertz CT molecular complexity index is 262. The van der Waals surface area contributed by atoms with Crippen LogP contribution in [0.15, 0.2) is 24.5 Å². The molecule has 1 heterocycles. The molecule has 4 nitrogen and oxygen atoms in total. The van der Waals surface area contributed by atoms with E-state index in [0.29, 0.717) is 13.0 Å². The summed E-state index contributed by atoms with van der Waals surface area (Å²) in [5, 5.41) is 11.4. The molecule has 0 spiro atoms. The van der Waals surface area contributed by atoms with Crippen molar-refractivity contribution in [3.8, 4) is 0 Å². The molecule has 13 heavy (non-hydrogen) atoms. The second-order valence-electron chi connectivity index (χ2n) is 2.67. The molecule has 0 fully saturated rings. The predicted molar refractivity (Wildman–Crippen MR) is 49.6 cm³/mol. The number of aliphatic carboxylic acids is 1. The third-order valence-electron chi connectivity index (χ3n) is 1.56. The number of carboxylic acid groups (broad SMARTS) is 1. The Labute approximate surface area is 76.6 Å². The van der Waals surface area contributed by atoms with Crippen LogP contribution >= 0.6 is 0 Å². The van der Waals surface area contributed by atoms with E-state index in [9.17, 15) is 4.79 Å². The number of hydrogen-bond donors (Lipinski definition) is 2. The van der Waals surface area contributed by atoms with Crippen molar-refractivity contribution in [2.45, 2.75) is 12.8 Å². The molecule has 0 unspecified atom stereocenters. The lowest BCUT2D eigenvalue weighted by Crippen LogP contribution is -2.04. The molecule has 0 aliphatic rings. The van der Waals surface area contributed by atoms with E-state index in [1.165, 1.54) is 0 Å². The first-order valence-corrected chi connectivity index (χ1v) is 4.15. The number of rotatable bonds is 5. The number of nitrogens with zero attached hydrogens (tertiary/aromatic N) is 1. The number of pyridine rings is 1. The third kappa shape index (κ3) is 4.10. The Balaban J connectivity index is 2.17. The normalized spacial score (nSPS) is 9.54. The van der Waals surface area contributed by atoms with Gasteiger partial charge in [-0.25, -0.2) is 0 Å². The molecule has 0 bridgehead atoms. The van der Waals surface area contributed by atoms with Crippen LogP contribution < -0.4 is 5.32 Å². The second-order valence-corrected chi connectivity index (χ2v) is 2.67. The monoisotopic (exact) mass is 180 g/mol. The number of carbonyl (C=O) groups is 1. The molecule has 0 aromatic carbocycles. The largest absolute Gasteiger partial charge is 0.481 e. The lowest BCUT2D eigenvalue weighted by molar-refractivity contribution is -0.137. The number of anilines is 1. The zero-order valence-electron chi connectivity index (χ0n) is 7.23. The minimum absolute atomic E-state index is 0.202. The summed E-state index contributed by atoms with van der Waals surface area (Å²) in [6.07, 6.45) is 4.24. The smallest absolute Gasteiger partial charge is 0.303 e. The van der Waals surface area contributed by atoms with Crippen LogP contribution in [0.3, 0.4) is 0 Å². The van der Waals surface area contributed by atoms with Gasteiger partial charge in [0.25, 0.3) is 0 Å². The van der Waals surface area contributed by atoms with Crippen molar-refractivity contribution in [1.29, 1.82) is 0 Å². The highest BCUT2D eigenvalue weighted by Crippen LogP contribution is 2.02. The maximum Gasteiger partial charge on any atom is 0.303 e. The lowest BCUT2D eigenvalue weighted by atomic mass is 10.3. The second kappa shape index (κ2) is 5.13. The first-order chi connectivity index (χ1) is 6.29. The zero-order valence-corrected chi connectivity index (χ0v) is 7.23. The van der Waals surface area contributed by atoms with E-state index >= 15 is 0 Å². The van der Waals surface area contributed by atoms with Gasteiger partial charge in [0.15, 0.2) is 0 Å². The zero-order chi connectivity index (χ0) is 9.52. The van der Waals surface area contributed by atoms with Gasteiger partial charge in [0.05, 0.1) is 5.69 Å². The van der Waals surface area contributed by atoms with Crippen LogP contribution in [0.1, 0.15) is 12.8 Å². The minimum Gasteiger partial charge on any atom is -0.481 e. The van der Waals surface area contributed by atoms with Gasteiger partial charge in [0.2, 0.25) is 0 Å². The van der Waals surface area contributed by atoms with E-state index in [1.54, 1.807) is 12.4 Å². The molecule has 0 saturated carbocycles. The highest BCUT2D eigenvalue weighted by atomic mass is 16.4. The molecule has 0 aliphatic carbocycles. The standard InChI is InChI=1S/C9H12N2O2/c12-9(13)4-2-6-11-8-3-1-5-10-7-8/h1,3,5,7,11H,2,4,6H2,(H,12,13). The average Bonchev–Trinajstić information content (AvgIpc) is 2.14. The molecule has 0 saturated heterocycles. The van der Waals surface area contributed by atoms with Gasteiger partial charge in [-0.15, -0.1) is 0 Å². The first-order valence-electron chi connectivity index (χ1n) is 4.15. The van der Waals surface area contributed by atoms with Crippen molar-refractivity contribution >= 4 is 11.7 Å². The van der Waals surface area contributed by atoms with E-state index in [1.807, 2.05) is 12.1 Å². The lowest BCUT2D eigenvalue weighted by Gasteiger charge is -2.03. The fourth-order valence-corrected chi connectivity index (χ4v) is 0.940. The first kappa shape index (κ1) is 9.51. The van der Waals surface area contributed by atoms with Crippen molar-refractivity contribution < 1.29 is 9.90 Å². The summed E-state index contributed by atoms with van der Waals surface area (Å²) in [6, 6.07) is 3.73. The Morgan fingerprint density at radius 2 is 2.46 bits per heavy atom. The maximum absolute atomic E-state index is 10.2. The fourth-order valence-electron chi connectivity index (χ4n) is 0.940. The molecular formula is C9H12N2O2. The van der Waals surface area contributed by atoms with E-state index in [0.717, 1.165) is 5.69 Å². The van der Waals surface area contributed by atoms with Gasteiger partial charge in [0.1, 0.15) is 0 Å². The van der Waals surface area contributed by atoms with Crippen LogP contribution in [0.4, 0.5) is 5.69 Å². The van der Waals surface area contributed by atoms with Crippen molar-refractivity contribution in [3.05, 3.63) is 24.5 Å². The highest BCUT2D eigenvalue weighted by molar-refractivity contribution is 5.66.